The van der Waals surface area contributed by atoms with Crippen molar-refractivity contribution in [3.63, 3.8) is 0 Å². The Morgan fingerprint density at radius 2 is 2.00 bits per heavy atom. The molecule has 1 fully saturated rings. The molecule has 0 radical (unpaired) electrons. The zero-order chi connectivity index (χ0) is 12.1. The summed E-state index contributed by atoms with van der Waals surface area (Å²) in [5, 5.41) is 3.18. The highest BCUT2D eigenvalue weighted by atomic mass is 19.1. The molecule has 0 atom stereocenters. The van der Waals surface area contributed by atoms with E-state index in [2.05, 4.69) is 20.2 Å². The Kier molecular flexibility index (Phi) is 4.25. The number of anilines is 1. The molecule has 1 N–H and O–H groups in total. The molecule has 1 aromatic heterocycles. The summed E-state index contributed by atoms with van der Waals surface area (Å²) in [6.07, 6.45) is 6.03. The Morgan fingerprint density at radius 3 is 2.59 bits per heavy atom. The summed E-state index contributed by atoms with van der Waals surface area (Å²) < 4.78 is 12.7. The van der Waals surface area contributed by atoms with Crippen LogP contribution in [0.25, 0.3) is 0 Å². The molecule has 1 saturated heterocycles. The number of piperidine rings is 1. The molecular formula is C12H19FN4. The first-order valence-electron chi connectivity index (χ1n) is 6.16. The van der Waals surface area contributed by atoms with Crippen LogP contribution in [0.1, 0.15) is 19.3 Å². The van der Waals surface area contributed by atoms with Crippen molar-refractivity contribution >= 4 is 5.95 Å². The Morgan fingerprint density at radius 1 is 1.35 bits per heavy atom. The van der Waals surface area contributed by atoms with Gasteiger partial charge in [-0.25, -0.2) is 14.4 Å². The summed E-state index contributed by atoms with van der Waals surface area (Å²) in [7, 11) is 1.99. The second kappa shape index (κ2) is 5.91. The number of aromatic nitrogens is 2. The molecule has 0 amide bonds. The molecule has 4 nitrogen and oxygen atoms in total. The molecule has 17 heavy (non-hydrogen) atoms. The fourth-order valence-electron chi connectivity index (χ4n) is 2.24. The smallest absolute Gasteiger partial charge is 0.225 e. The van der Waals surface area contributed by atoms with Crippen molar-refractivity contribution < 1.29 is 4.39 Å². The summed E-state index contributed by atoms with van der Waals surface area (Å²) in [6, 6.07) is 0. The first-order valence-corrected chi connectivity index (χ1v) is 6.16. The van der Waals surface area contributed by atoms with Gasteiger partial charge in [-0.2, -0.15) is 0 Å². The van der Waals surface area contributed by atoms with E-state index in [4.69, 9.17) is 0 Å². The van der Waals surface area contributed by atoms with E-state index in [1.54, 1.807) is 0 Å². The zero-order valence-electron chi connectivity index (χ0n) is 10.2. The summed E-state index contributed by atoms with van der Waals surface area (Å²) in [6.45, 7) is 3.03. The van der Waals surface area contributed by atoms with Gasteiger partial charge < -0.3 is 10.2 Å². The molecule has 0 spiro atoms. The van der Waals surface area contributed by atoms with Gasteiger partial charge in [-0.1, -0.05) is 0 Å². The standard InChI is InChI=1S/C12H19FN4/c1-14-5-2-10-3-6-17(7-4-10)12-15-8-11(13)9-16-12/h8-10,14H,2-7H2,1H3. The van der Waals surface area contributed by atoms with Crippen molar-refractivity contribution in [1.82, 2.24) is 15.3 Å². The predicted octanol–water partition coefficient (Wildman–Crippen LogP) is 1.44. The summed E-state index contributed by atoms with van der Waals surface area (Å²) >= 11 is 0. The average molecular weight is 238 g/mol. The van der Waals surface area contributed by atoms with Gasteiger partial charge in [0.25, 0.3) is 0 Å². The first-order chi connectivity index (χ1) is 8.29. The van der Waals surface area contributed by atoms with Gasteiger partial charge in [-0.3, -0.25) is 0 Å². The van der Waals surface area contributed by atoms with Gasteiger partial charge in [-0.15, -0.1) is 0 Å². The molecule has 0 saturated carbocycles. The normalized spacial score (nSPS) is 17.4. The lowest BCUT2D eigenvalue weighted by Gasteiger charge is -2.31. The van der Waals surface area contributed by atoms with Crippen LogP contribution in [0, 0.1) is 11.7 Å². The monoisotopic (exact) mass is 238 g/mol. The van der Waals surface area contributed by atoms with Crippen LogP contribution in [0.2, 0.25) is 0 Å². The van der Waals surface area contributed by atoms with E-state index in [-0.39, 0.29) is 5.82 Å². The Bertz CT molecular complexity index is 333. The quantitative estimate of drug-likeness (QED) is 0.862. The van der Waals surface area contributed by atoms with Gasteiger partial charge in [0.05, 0.1) is 12.4 Å². The minimum atomic E-state index is -0.377. The highest BCUT2D eigenvalue weighted by Crippen LogP contribution is 2.22. The highest BCUT2D eigenvalue weighted by Gasteiger charge is 2.20. The van der Waals surface area contributed by atoms with Crippen molar-refractivity contribution in [2.75, 3.05) is 31.6 Å². The van der Waals surface area contributed by atoms with Crippen molar-refractivity contribution in [2.24, 2.45) is 5.92 Å². The lowest BCUT2D eigenvalue weighted by atomic mass is 9.94. The second-order valence-corrected chi connectivity index (χ2v) is 4.52. The fraction of sp³-hybridized carbons (Fsp3) is 0.667. The minimum absolute atomic E-state index is 0.377. The molecule has 0 bridgehead atoms. The first kappa shape index (κ1) is 12.2. The van der Waals surface area contributed by atoms with Gasteiger partial charge in [0.15, 0.2) is 5.82 Å². The second-order valence-electron chi connectivity index (χ2n) is 4.52. The van der Waals surface area contributed by atoms with Gasteiger partial charge in [-0.05, 0) is 38.8 Å². The maximum Gasteiger partial charge on any atom is 0.225 e. The van der Waals surface area contributed by atoms with Crippen LogP contribution in [-0.2, 0) is 0 Å². The van der Waals surface area contributed by atoms with Gasteiger partial charge >= 0.3 is 0 Å². The topological polar surface area (TPSA) is 41.0 Å². The molecule has 5 heteroatoms. The van der Waals surface area contributed by atoms with E-state index >= 15 is 0 Å². The van der Waals surface area contributed by atoms with E-state index in [9.17, 15) is 4.39 Å². The Labute approximate surface area is 101 Å². The fourth-order valence-corrected chi connectivity index (χ4v) is 2.24. The summed E-state index contributed by atoms with van der Waals surface area (Å²) in [5.41, 5.74) is 0. The molecule has 1 aliphatic heterocycles. The van der Waals surface area contributed by atoms with Crippen LogP contribution in [0.15, 0.2) is 12.4 Å². The number of nitrogens with zero attached hydrogens (tertiary/aromatic N) is 3. The maximum atomic E-state index is 12.7. The Hall–Kier alpha value is -1.23. The van der Waals surface area contributed by atoms with Gasteiger partial charge in [0, 0.05) is 13.1 Å². The molecule has 2 rings (SSSR count). The molecule has 94 valence electrons. The zero-order valence-corrected chi connectivity index (χ0v) is 10.2. The van der Waals surface area contributed by atoms with E-state index < -0.39 is 0 Å². The summed E-state index contributed by atoms with van der Waals surface area (Å²) in [4.78, 5) is 10.2. The van der Waals surface area contributed by atoms with Crippen LogP contribution in [0.3, 0.4) is 0 Å². The van der Waals surface area contributed by atoms with Crippen molar-refractivity contribution in [3.05, 3.63) is 18.2 Å². The molecule has 0 aromatic carbocycles. The van der Waals surface area contributed by atoms with E-state index in [1.165, 1.54) is 31.7 Å². The van der Waals surface area contributed by atoms with Crippen molar-refractivity contribution in [2.45, 2.75) is 19.3 Å². The number of hydrogen-bond donors (Lipinski definition) is 1. The van der Waals surface area contributed by atoms with Crippen LogP contribution in [-0.4, -0.2) is 36.6 Å². The molecule has 0 unspecified atom stereocenters. The van der Waals surface area contributed by atoms with Crippen LogP contribution < -0.4 is 10.2 Å². The van der Waals surface area contributed by atoms with Crippen molar-refractivity contribution in [3.8, 4) is 0 Å². The SMILES string of the molecule is CNCCC1CCN(c2ncc(F)cn2)CC1. The summed E-state index contributed by atoms with van der Waals surface area (Å²) in [5.74, 6) is 1.07. The van der Waals surface area contributed by atoms with Crippen molar-refractivity contribution in [1.29, 1.82) is 0 Å². The van der Waals surface area contributed by atoms with Gasteiger partial charge in [0.2, 0.25) is 5.95 Å². The molecular weight excluding hydrogens is 219 g/mol. The molecule has 1 aliphatic rings. The average Bonchev–Trinajstić information content (AvgIpc) is 2.38. The molecule has 1 aromatic rings. The third-order valence-electron chi connectivity index (χ3n) is 3.31. The van der Waals surface area contributed by atoms with Crippen LogP contribution >= 0.6 is 0 Å². The molecule has 0 aliphatic carbocycles. The number of halogens is 1. The van der Waals surface area contributed by atoms with Crippen LogP contribution in [0.4, 0.5) is 10.3 Å². The molecule has 2 heterocycles. The Balaban J connectivity index is 1.84. The third-order valence-corrected chi connectivity index (χ3v) is 3.31. The number of hydrogen-bond acceptors (Lipinski definition) is 4. The van der Waals surface area contributed by atoms with E-state index in [0.29, 0.717) is 5.95 Å². The predicted molar refractivity (Wildman–Crippen MR) is 65.5 cm³/mol. The maximum absolute atomic E-state index is 12.7. The van der Waals surface area contributed by atoms with E-state index in [1.807, 2.05) is 7.05 Å². The third kappa shape index (κ3) is 3.36. The minimum Gasteiger partial charge on any atom is -0.341 e. The van der Waals surface area contributed by atoms with Crippen LogP contribution in [0.5, 0.6) is 0 Å². The lowest BCUT2D eigenvalue weighted by Crippen LogP contribution is -2.35. The van der Waals surface area contributed by atoms with E-state index in [0.717, 1.165) is 25.6 Å². The number of rotatable bonds is 4. The largest absolute Gasteiger partial charge is 0.341 e. The van der Waals surface area contributed by atoms with Gasteiger partial charge in [0.1, 0.15) is 0 Å². The number of nitrogens with one attached hydrogen (secondary N) is 1. The highest BCUT2D eigenvalue weighted by molar-refractivity contribution is 5.29. The lowest BCUT2D eigenvalue weighted by molar-refractivity contribution is 0.375.